The zero-order chi connectivity index (χ0) is 95.9. The van der Waals surface area contributed by atoms with Crippen LogP contribution >= 0.6 is 0 Å². The monoisotopic (exact) mass is 1800 g/mol. The van der Waals surface area contributed by atoms with Crippen molar-refractivity contribution in [1.82, 2.24) is 73.8 Å². The summed E-state index contributed by atoms with van der Waals surface area (Å²) < 4.78 is 124. The van der Waals surface area contributed by atoms with Gasteiger partial charge in [-0.15, -0.1) is 0 Å². The number of rotatable bonds is 18. The molecule has 2 aliphatic rings. The molecular weight excluding hydrogens is 1720 g/mol. The summed E-state index contributed by atoms with van der Waals surface area (Å²) in [5.74, 6) is -10.4. The van der Waals surface area contributed by atoms with E-state index in [1.54, 1.807) is 60.8 Å². The van der Waals surface area contributed by atoms with Gasteiger partial charge in [-0.1, -0.05) is 0 Å². The summed E-state index contributed by atoms with van der Waals surface area (Å²) in [6, 6.07) is 13.9. The zero-order valence-corrected chi connectivity index (χ0v) is 69.3. The minimum absolute atomic E-state index is 0.0576. The minimum Gasteiger partial charge on any atom is -0.467 e. The predicted molar refractivity (Wildman–Crippen MR) is 423 cm³/mol. The average molecular weight is 1800 g/mol. The van der Waals surface area contributed by atoms with Gasteiger partial charge in [0.25, 0.3) is 17.1 Å². The molecule has 0 atom stereocenters. The van der Waals surface area contributed by atoms with E-state index in [0.29, 0.717) is 47.5 Å². The van der Waals surface area contributed by atoms with Crippen molar-refractivity contribution in [2.24, 2.45) is 35.2 Å². The average Bonchev–Trinajstić information content (AvgIpc) is 1.59. The van der Waals surface area contributed by atoms with Crippen molar-refractivity contribution in [3.63, 3.8) is 0 Å². The van der Waals surface area contributed by atoms with Gasteiger partial charge in [-0.2, -0.15) is 35.5 Å². The van der Waals surface area contributed by atoms with Crippen molar-refractivity contribution in [1.29, 1.82) is 0 Å². The number of nitrogens with one attached hydrogen (secondary N) is 1. The van der Waals surface area contributed by atoms with Gasteiger partial charge in [0.15, 0.2) is 23.0 Å². The first kappa shape index (κ1) is 102. The number of Topliss-reactive ketones (excluding diaryl/α,β-unsaturated/α-hetero) is 2. The molecule has 5 N–H and O–H groups in total. The first-order valence-corrected chi connectivity index (χ1v) is 35.4. The second kappa shape index (κ2) is 47.0. The Hall–Kier alpha value is -16.8. The van der Waals surface area contributed by atoms with Crippen LogP contribution in [0.2, 0.25) is 0 Å². The number of anilines is 2. The lowest BCUT2D eigenvalue weighted by Gasteiger charge is -2.21. The van der Waals surface area contributed by atoms with Gasteiger partial charge >= 0.3 is 53.9 Å². The molecule has 13 rings (SSSR count). The fraction of sp³-hybridized carbons (Fsp3) is 0.237. The Morgan fingerprint density at radius 2 is 0.953 bits per heavy atom. The number of aliphatic hydroxyl groups excluding tert-OH is 2. The van der Waals surface area contributed by atoms with Crippen LogP contribution in [0.25, 0.3) is 11.8 Å². The van der Waals surface area contributed by atoms with Crippen molar-refractivity contribution < 1.29 is 137 Å². The summed E-state index contributed by atoms with van der Waals surface area (Å²) in [6.07, 6.45) is 7.16. The third kappa shape index (κ3) is 27.6. The SMILES string of the molecule is CO.CO.COC(=O)c1cc(F)cc(N)c1C(=O)Cc1ncnn1C.COC(=O)c1cc(F)cc(NC(=O)OC(C)(C)C)c1C(=O)Cc1ncnn1C.COC(=O)c1cc(F)cc([N+](=O)[O-])c1C(=O)Oc1ncnn1C.COc1ncnn1C.Cn1ncnc1/C=C1\OC(=O)c2cc(F)cc([N+](=O)[O-])c21.O=C1OCc2c1cc(F)cc2[N+](=O)[O-].O=Cc1ccc(F)cc1. The van der Waals surface area contributed by atoms with Gasteiger partial charge in [0.2, 0.25) is 0 Å². The lowest BCUT2D eigenvalue weighted by Crippen LogP contribution is -2.28. The van der Waals surface area contributed by atoms with Crippen molar-refractivity contribution in [2.45, 2.75) is 45.8 Å². The fourth-order valence-electron chi connectivity index (χ4n) is 10.4. The molecule has 1 amide bonds. The molecule has 0 bridgehead atoms. The third-order valence-electron chi connectivity index (χ3n) is 16.0. The number of nitro benzene ring substituents is 3. The maximum absolute atomic E-state index is 14.1. The molecule has 676 valence electrons. The van der Waals surface area contributed by atoms with Crippen LogP contribution in [0.4, 0.5) is 59.6 Å². The van der Waals surface area contributed by atoms with E-state index in [2.05, 4.69) is 74.7 Å². The molecule has 6 aromatic carbocycles. The molecule has 0 radical (unpaired) electrons. The van der Waals surface area contributed by atoms with Crippen molar-refractivity contribution in [2.75, 3.05) is 53.7 Å². The second-order valence-corrected chi connectivity index (χ2v) is 25.4. The number of carbonyl (C=O) groups excluding carboxylic acids is 10. The van der Waals surface area contributed by atoms with Gasteiger partial charge in [-0.3, -0.25) is 59.4 Å². The number of nitrogens with two attached hydrogens (primary N) is 1. The largest absolute Gasteiger partial charge is 0.467 e. The molecule has 11 aromatic rings. The Morgan fingerprint density at radius 3 is 1.40 bits per heavy atom. The molecule has 0 fully saturated rings. The van der Waals surface area contributed by atoms with Gasteiger partial charge in [0.1, 0.15) is 108 Å². The van der Waals surface area contributed by atoms with Crippen LogP contribution in [-0.4, -0.2) is 207 Å². The number of carbonyl (C=O) groups is 10. The van der Waals surface area contributed by atoms with Gasteiger partial charge in [0, 0.05) is 66.8 Å². The van der Waals surface area contributed by atoms with Crippen LogP contribution in [0.15, 0.2) is 117 Å². The highest BCUT2D eigenvalue weighted by Gasteiger charge is 2.37. The minimum atomic E-state index is -1.27. The standard InChI is InChI=1S/C18H21FN4O5.C13H13FN4O3.C12H9FN4O6.C12H7FN4O4.C8H4FNO4.C7H5FO.C4H7N3O.2CH4O/c1-18(2,3)28-17(26)22-12-7-10(19)6-11(16(25)27-5)15(12)13(24)8-14-20-9-21-23(14)4;1-18-11(16-6-17-18)5-10(19)12-8(13(20)21-2)3-7(14)4-9(12)15;1-16-12(14-5-15-16)23-11(19)9-7(10(18)22-2)3-6(13)4-8(9)17(20)21;1-16-10(14-5-15-16)4-9-11-7(12(18)21-9)2-6(13)3-8(11)17(19)20;9-4-1-5-6(3-14-8(5)11)7(2-4)10(12)13;8-7-3-1-6(5-9)2-4-7;1-7-4(8-2)5-3-6-7;2*1-2/h6-7,9H,8H2,1-5H3,(H,22,26);3-4,6H,5,15H2,1-2H3;3-5H,1-2H3;2-5H,1H3;1-2H,3H2;1-5H;3H,1-2H3;2*2H,1H3/b;;;9-4-;;;;;. The highest BCUT2D eigenvalue weighted by Crippen LogP contribution is 2.39. The number of fused-ring (bicyclic) bond motifs is 2. The lowest BCUT2D eigenvalue weighted by molar-refractivity contribution is -0.386. The summed E-state index contributed by atoms with van der Waals surface area (Å²) in [4.78, 5) is 167. The number of esters is 6. The maximum atomic E-state index is 14.1. The van der Waals surface area contributed by atoms with E-state index in [0.717, 1.165) is 95.1 Å². The number of ketones is 2. The van der Waals surface area contributed by atoms with Crippen LogP contribution < -0.4 is 20.5 Å². The molecule has 2 aliphatic heterocycles. The van der Waals surface area contributed by atoms with E-state index in [1.165, 1.54) is 76.7 Å². The first-order valence-electron chi connectivity index (χ1n) is 35.4. The number of aliphatic hydroxyl groups is 2. The van der Waals surface area contributed by atoms with Crippen LogP contribution in [0.1, 0.15) is 143 Å². The molecular formula is C76H74F6N20O26. The quantitative estimate of drug-likeness (QED) is 0.00932. The van der Waals surface area contributed by atoms with Gasteiger partial charge in [-0.25, -0.2) is 88.9 Å². The topological polar surface area (TPSA) is 606 Å². The van der Waals surface area contributed by atoms with Gasteiger partial charge < -0.3 is 53.8 Å². The number of methoxy groups -OCH3 is 4. The molecule has 0 aliphatic carbocycles. The summed E-state index contributed by atoms with van der Waals surface area (Å²) in [6.45, 7) is 4.79. The Morgan fingerprint density at radius 1 is 0.523 bits per heavy atom. The molecule has 128 heavy (non-hydrogen) atoms. The lowest BCUT2D eigenvalue weighted by atomic mass is 9.98. The first-order chi connectivity index (χ1) is 60.5. The third-order valence-corrected chi connectivity index (χ3v) is 16.0. The summed E-state index contributed by atoms with van der Waals surface area (Å²) in [5.41, 5.74) is 0.792. The second-order valence-electron chi connectivity index (χ2n) is 25.4. The van der Waals surface area contributed by atoms with E-state index in [4.69, 9.17) is 34.9 Å². The van der Waals surface area contributed by atoms with E-state index in [9.17, 15) is 105 Å². The number of cyclic esters (lactones) is 2. The fourth-order valence-corrected chi connectivity index (χ4v) is 10.4. The van der Waals surface area contributed by atoms with Crippen LogP contribution in [-0.2, 0) is 83.1 Å². The number of aryl methyl sites for hydroxylation is 5. The Labute approximate surface area is 715 Å². The Kier molecular flexibility index (Phi) is 37.3. The zero-order valence-electron chi connectivity index (χ0n) is 69.3. The molecule has 0 saturated heterocycles. The van der Waals surface area contributed by atoms with Crippen molar-refractivity contribution in [3.05, 3.63) is 260 Å². The van der Waals surface area contributed by atoms with E-state index in [-0.39, 0.29) is 92.9 Å². The van der Waals surface area contributed by atoms with Gasteiger partial charge in [-0.05, 0) is 87.5 Å². The molecule has 0 unspecified atom stereocenters. The maximum Gasteiger partial charge on any atom is 0.412 e. The summed E-state index contributed by atoms with van der Waals surface area (Å²) >= 11 is 0. The number of aldehydes is 1. The number of hydrogen-bond acceptors (Lipinski definition) is 37. The molecule has 7 heterocycles. The number of amides is 1. The Bertz CT molecular complexity index is 5990. The Balaban J connectivity index is 0.000000270. The number of nitrogens with zero attached hydrogens (tertiary/aromatic N) is 18. The van der Waals surface area contributed by atoms with Crippen LogP contribution in [0.5, 0.6) is 12.0 Å². The van der Waals surface area contributed by atoms with Crippen molar-refractivity contribution >= 4 is 100 Å². The predicted octanol–water partition coefficient (Wildman–Crippen LogP) is 7.74. The molecule has 52 heteroatoms. The van der Waals surface area contributed by atoms with Crippen molar-refractivity contribution in [3.8, 4) is 12.0 Å². The van der Waals surface area contributed by atoms with Gasteiger partial charge in [0.05, 0.1) is 124 Å². The molecule has 0 spiro atoms. The van der Waals surface area contributed by atoms with Crippen LogP contribution in [0.3, 0.4) is 0 Å². The van der Waals surface area contributed by atoms with E-state index in [1.807, 2.05) is 0 Å². The number of nitrogen functional groups attached to an aromatic ring is 1. The molecule has 5 aromatic heterocycles. The number of aromatic nitrogens is 15. The number of halogens is 6. The highest BCUT2D eigenvalue weighted by molar-refractivity contribution is 6.13. The number of benzene rings is 6. The van der Waals surface area contributed by atoms with Crippen LogP contribution in [0, 0.1) is 65.2 Å². The highest BCUT2D eigenvalue weighted by atomic mass is 19.1. The molecule has 46 nitrogen and oxygen atoms in total. The number of nitro groups is 3. The summed E-state index contributed by atoms with van der Waals surface area (Å²) in [5, 5.41) is 67.9. The normalized spacial score (nSPS) is 11.2. The smallest absolute Gasteiger partial charge is 0.412 e. The number of hydrogen-bond donors (Lipinski definition) is 4. The molecule has 0 saturated carbocycles. The van der Waals surface area contributed by atoms with E-state index < -0.39 is 131 Å². The number of ether oxygens (including phenoxy) is 8. The summed E-state index contributed by atoms with van der Waals surface area (Å²) in [7, 11) is 14.8. The van der Waals surface area contributed by atoms with E-state index >= 15 is 0 Å².